The van der Waals surface area contributed by atoms with Gasteiger partial charge in [0.1, 0.15) is 12.6 Å². The Morgan fingerprint density at radius 1 is 0.957 bits per heavy atom. The second-order valence-electron chi connectivity index (χ2n) is 9.73. The SMILES string of the molecule is C[N+]1(C[C@H](O)COC23CC4CC(CC(C4)C2)C3)CCCCCC1. The molecule has 0 aromatic heterocycles. The molecule has 1 aliphatic heterocycles. The van der Waals surface area contributed by atoms with Gasteiger partial charge in [0.15, 0.2) is 0 Å². The van der Waals surface area contributed by atoms with Crippen LogP contribution in [0.5, 0.6) is 0 Å². The minimum Gasteiger partial charge on any atom is -0.385 e. The number of ether oxygens (including phenoxy) is 1. The maximum absolute atomic E-state index is 10.6. The molecule has 0 spiro atoms. The van der Waals surface area contributed by atoms with E-state index in [1.807, 2.05) is 0 Å². The van der Waals surface area contributed by atoms with E-state index in [0.29, 0.717) is 6.61 Å². The molecule has 0 aromatic carbocycles. The highest BCUT2D eigenvalue weighted by Gasteiger charge is 2.51. The van der Waals surface area contributed by atoms with Crippen molar-refractivity contribution < 1.29 is 14.3 Å². The summed E-state index contributed by atoms with van der Waals surface area (Å²) in [6.07, 6.45) is 13.3. The maximum atomic E-state index is 10.6. The Labute approximate surface area is 142 Å². The number of quaternary nitrogens is 1. The van der Waals surface area contributed by atoms with E-state index in [-0.39, 0.29) is 11.7 Å². The Kier molecular flexibility index (Phi) is 4.49. The van der Waals surface area contributed by atoms with E-state index in [4.69, 9.17) is 4.74 Å². The first-order valence-electron chi connectivity index (χ1n) is 10.2. The minimum atomic E-state index is -0.286. The number of likely N-dealkylation sites (tertiary alicyclic amines) is 1. The van der Waals surface area contributed by atoms with Crippen molar-refractivity contribution in [2.45, 2.75) is 75.9 Å². The molecule has 1 saturated heterocycles. The average Bonchev–Trinajstić information content (AvgIpc) is 2.69. The molecule has 3 nitrogen and oxygen atoms in total. The maximum Gasteiger partial charge on any atom is 0.126 e. The quantitative estimate of drug-likeness (QED) is 0.787. The van der Waals surface area contributed by atoms with Crippen LogP contribution in [-0.2, 0) is 4.74 Å². The van der Waals surface area contributed by atoms with Crippen LogP contribution in [0.3, 0.4) is 0 Å². The van der Waals surface area contributed by atoms with Crippen LogP contribution in [0, 0.1) is 17.8 Å². The summed E-state index contributed by atoms with van der Waals surface area (Å²) >= 11 is 0. The number of nitrogens with zero attached hydrogens (tertiary/aromatic N) is 1. The van der Waals surface area contributed by atoms with Gasteiger partial charge in [0.05, 0.1) is 32.3 Å². The van der Waals surface area contributed by atoms with E-state index in [9.17, 15) is 5.11 Å². The number of aliphatic hydroxyl groups excluding tert-OH is 1. The molecular weight excluding hydrogens is 286 g/mol. The average molecular weight is 323 g/mol. The summed E-state index contributed by atoms with van der Waals surface area (Å²) in [6.45, 7) is 3.91. The van der Waals surface area contributed by atoms with Crippen molar-refractivity contribution in [3.63, 3.8) is 0 Å². The Morgan fingerprint density at radius 2 is 1.48 bits per heavy atom. The van der Waals surface area contributed by atoms with Crippen LogP contribution in [0.25, 0.3) is 0 Å². The van der Waals surface area contributed by atoms with Crippen LogP contribution >= 0.6 is 0 Å². The number of likely N-dealkylation sites (N-methyl/N-ethyl adjacent to an activating group) is 1. The third-order valence-corrected chi connectivity index (χ3v) is 7.36. The first-order valence-corrected chi connectivity index (χ1v) is 10.2. The standard InChI is InChI=1S/C20H36NO2/c1-21(6-4-2-3-5-7-21)14-19(22)15-23-20-11-16-8-17(12-20)10-18(9-16)13-20/h16-19,22H,2-15H2,1H3/q+1/t16?,17?,18?,19-,20?/m0/s1. The molecule has 23 heavy (non-hydrogen) atoms. The van der Waals surface area contributed by atoms with Gasteiger partial charge in [-0.15, -0.1) is 0 Å². The largest absolute Gasteiger partial charge is 0.385 e. The molecule has 5 aliphatic rings. The fourth-order valence-electron chi connectivity index (χ4n) is 6.68. The van der Waals surface area contributed by atoms with Crippen LogP contribution in [0.1, 0.15) is 64.2 Å². The molecule has 4 bridgehead atoms. The van der Waals surface area contributed by atoms with Gasteiger partial charge in [-0.3, -0.25) is 0 Å². The van der Waals surface area contributed by atoms with Crippen molar-refractivity contribution in [1.29, 1.82) is 0 Å². The molecule has 0 amide bonds. The molecule has 1 heterocycles. The molecule has 5 fully saturated rings. The highest BCUT2D eigenvalue weighted by molar-refractivity contribution is 5.03. The highest BCUT2D eigenvalue weighted by atomic mass is 16.5. The number of hydrogen-bond donors (Lipinski definition) is 1. The van der Waals surface area contributed by atoms with Gasteiger partial charge >= 0.3 is 0 Å². The van der Waals surface area contributed by atoms with Crippen molar-refractivity contribution in [2.24, 2.45) is 17.8 Å². The summed E-state index contributed by atoms with van der Waals surface area (Å²) in [5.74, 6) is 2.77. The van der Waals surface area contributed by atoms with Crippen LogP contribution in [0.4, 0.5) is 0 Å². The summed E-state index contributed by atoms with van der Waals surface area (Å²) in [5, 5.41) is 10.6. The Morgan fingerprint density at radius 3 is 2.00 bits per heavy atom. The molecule has 132 valence electrons. The number of aliphatic hydroxyl groups is 1. The smallest absolute Gasteiger partial charge is 0.126 e. The molecule has 0 unspecified atom stereocenters. The predicted octanol–water partition coefficient (Wildman–Crippen LogP) is 3.35. The van der Waals surface area contributed by atoms with E-state index in [1.165, 1.54) is 77.3 Å². The van der Waals surface area contributed by atoms with Gasteiger partial charge in [-0.05, 0) is 82.0 Å². The topological polar surface area (TPSA) is 29.5 Å². The highest BCUT2D eigenvalue weighted by Crippen LogP contribution is 2.57. The zero-order valence-electron chi connectivity index (χ0n) is 15.0. The van der Waals surface area contributed by atoms with Crippen molar-refractivity contribution in [2.75, 3.05) is 33.3 Å². The molecule has 0 aromatic rings. The Hall–Kier alpha value is -0.120. The van der Waals surface area contributed by atoms with Crippen LogP contribution in [-0.4, -0.2) is 54.6 Å². The number of rotatable bonds is 5. The molecule has 4 aliphatic carbocycles. The van der Waals surface area contributed by atoms with Gasteiger partial charge in [0, 0.05) is 0 Å². The summed E-state index contributed by atoms with van der Waals surface area (Å²) in [4.78, 5) is 0. The minimum absolute atomic E-state index is 0.146. The molecule has 1 N–H and O–H groups in total. The van der Waals surface area contributed by atoms with Gasteiger partial charge in [-0.25, -0.2) is 0 Å². The van der Waals surface area contributed by atoms with Crippen LogP contribution in [0.15, 0.2) is 0 Å². The van der Waals surface area contributed by atoms with Crippen molar-refractivity contribution >= 4 is 0 Å². The van der Waals surface area contributed by atoms with Crippen molar-refractivity contribution in [3.8, 4) is 0 Å². The van der Waals surface area contributed by atoms with Crippen molar-refractivity contribution in [1.82, 2.24) is 0 Å². The Bertz CT molecular complexity index is 379. The summed E-state index contributed by atoms with van der Waals surface area (Å²) in [7, 11) is 2.33. The normalized spacial score (nSPS) is 43.3. The second-order valence-corrected chi connectivity index (χ2v) is 9.73. The first-order chi connectivity index (χ1) is 11.0. The molecule has 0 radical (unpaired) electrons. The summed E-state index contributed by atoms with van der Waals surface area (Å²) in [5.41, 5.74) is 0.146. The van der Waals surface area contributed by atoms with Gasteiger partial charge < -0.3 is 14.3 Å². The van der Waals surface area contributed by atoms with Crippen LogP contribution in [0.2, 0.25) is 0 Å². The zero-order chi connectivity index (χ0) is 15.9. The van der Waals surface area contributed by atoms with E-state index >= 15 is 0 Å². The number of hydrogen-bond acceptors (Lipinski definition) is 2. The first kappa shape index (κ1) is 16.4. The fraction of sp³-hybridized carbons (Fsp3) is 1.00. The van der Waals surface area contributed by atoms with Gasteiger partial charge in [0.25, 0.3) is 0 Å². The molecule has 4 saturated carbocycles. The lowest BCUT2D eigenvalue weighted by atomic mass is 9.54. The van der Waals surface area contributed by atoms with E-state index in [1.54, 1.807) is 0 Å². The van der Waals surface area contributed by atoms with E-state index in [2.05, 4.69) is 7.05 Å². The third-order valence-electron chi connectivity index (χ3n) is 7.36. The third kappa shape index (κ3) is 3.62. The molecule has 5 rings (SSSR count). The van der Waals surface area contributed by atoms with E-state index in [0.717, 1.165) is 28.8 Å². The summed E-state index contributed by atoms with van der Waals surface area (Å²) in [6, 6.07) is 0. The lowest BCUT2D eigenvalue weighted by Crippen LogP contribution is -2.54. The Balaban J connectivity index is 1.30. The predicted molar refractivity (Wildman–Crippen MR) is 92.1 cm³/mol. The van der Waals surface area contributed by atoms with E-state index < -0.39 is 0 Å². The fourth-order valence-corrected chi connectivity index (χ4v) is 6.68. The lowest BCUT2D eigenvalue weighted by Gasteiger charge is -2.56. The second kappa shape index (κ2) is 6.31. The lowest BCUT2D eigenvalue weighted by molar-refractivity contribution is -0.911. The van der Waals surface area contributed by atoms with Crippen LogP contribution < -0.4 is 0 Å². The van der Waals surface area contributed by atoms with Gasteiger partial charge in [-0.2, -0.15) is 0 Å². The molecular formula is C20H36NO2+. The van der Waals surface area contributed by atoms with Gasteiger partial charge in [0.2, 0.25) is 0 Å². The van der Waals surface area contributed by atoms with Crippen molar-refractivity contribution in [3.05, 3.63) is 0 Å². The monoisotopic (exact) mass is 322 g/mol. The molecule has 3 heteroatoms. The molecule has 1 atom stereocenters. The summed E-state index contributed by atoms with van der Waals surface area (Å²) < 4.78 is 7.51. The van der Waals surface area contributed by atoms with Gasteiger partial charge in [-0.1, -0.05) is 0 Å². The zero-order valence-corrected chi connectivity index (χ0v) is 15.0.